The van der Waals surface area contributed by atoms with Crippen molar-refractivity contribution in [3.63, 3.8) is 0 Å². The Hall–Kier alpha value is -2.95. The molecule has 1 saturated carbocycles. The number of carboxylic acids is 1. The lowest BCUT2D eigenvalue weighted by Gasteiger charge is -2.26. The monoisotopic (exact) mass is 435 g/mol. The van der Waals surface area contributed by atoms with Crippen LogP contribution in [0, 0.1) is 23.2 Å². The number of carboxylic acid groups (broad SMARTS) is 1. The van der Waals surface area contributed by atoms with Gasteiger partial charge in [0.15, 0.2) is 0 Å². The number of hydrogen-bond donors (Lipinski definition) is 2. The lowest BCUT2D eigenvalue weighted by molar-refractivity contribution is -0.136. The number of aromatic nitrogens is 1. The number of nitrogens with one attached hydrogen (secondary N) is 1. The molecule has 1 heterocycles. The number of nitrogens with zero attached hydrogens (tertiary/aromatic N) is 2. The molecule has 0 saturated heterocycles. The predicted molar refractivity (Wildman–Crippen MR) is 121 cm³/mol. The van der Waals surface area contributed by atoms with E-state index in [1.54, 1.807) is 11.3 Å². The summed E-state index contributed by atoms with van der Waals surface area (Å²) in [5.41, 5.74) is 2.67. The number of ether oxygens (including phenoxy) is 1. The van der Waals surface area contributed by atoms with Crippen LogP contribution in [0.3, 0.4) is 0 Å². The third kappa shape index (κ3) is 4.55. The summed E-state index contributed by atoms with van der Waals surface area (Å²) in [6.45, 7) is 3.86. The lowest BCUT2D eigenvalue weighted by Crippen LogP contribution is -2.37. The van der Waals surface area contributed by atoms with Crippen LogP contribution in [0.15, 0.2) is 42.6 Å². The summed E-state index contributed by atoms with van der Waals surface area (Å²) in [4.78, 5) is 16.7. The first kappa shape index (κ1) is 21.3. The molecule has 0 radical (unpaired) electrons. The van der Waals surface area contributed by atoms with Crippen molar-refractivity contribution >= 4 is 22.9 Å². The number of carbonyl (C=O) groups is 1. The summed E-state index contributed by atoms with van der Waals surface area (Å²) in [7, 11) is 0. The first-order valence-corrected chi connectivity index (χ1v) is 11.3. The number of hydrogen-bond acceptors (Lipinski definition) is 6. The quantitative estimate of drug-likeness (QED) is 0.665. The Morgan fingerprint density at radius 3 is 3.00 bits per heavy atom. The molecular formula is C24H25N3O3S. The van der Waals surface area contributed by atoms with Crippen LogP contribution in [0.5, 0.6) is 5.75 Å². The molecule has 7 heteroatoms. The van der Waals surface area contributed by atoms with Crippen LogP contribution < -0.4 is 10.1 Å². The molecule has 2 aromatic rings. The molecule has 0 amide bonds. The highest BCUT2D eigenvalue weighted by atomic mass is 32.1. The first-order chi connectivity index (χ1) is 15.0. The second-order valence-electron chi connectivity index (χ2n) is 8.17. The minimum Gasteiger partial charge on any atom is -0.490 e. The number of benzene rings is 1. The molecule has 31 heavy (non-hydrogen) atoms. The van der Waals surface area contributed by atoms with Gasteiger partial charge in [-0.2, -0.15) is 5.26 Å². The van der Waals surface area contributed by atoms with E-state index < -0.39 is 5.97 Å². The second kappa shape index (κ2) is 9.04. The van der Waals surface area contributed by atoms with Crippen molar-refractivity contribution in [1.29, 1.82) is 5.26 Å². The number of aliphatic carboxylic acids is 1. The molecule has 1 aromatic carbocycles. The van der Waals surface area contributed by atoms with Crippen LogP contribution in [0.2, 0.25) is 0 Å². The zero-order valence-electron chi connectivity index (χ0n) is 17.5. The Kier molecular flexibility index (Phi) is 6.21. The average molecular weight is 436 g/mol. The van der Waals surface area contributed by atoms with Crippen LogP contribution in [0.4, 0.5) is 0 Å². The number of rotatable bonds is 7. The van der Waals surface area contributed by atoms with E-state index in [1.807, 2.05) is 38.2 Å². The summed E-state index contributed by atoms with van der Waals surface area (Å²) < 4.78 is 5.72. The maximum absolute atomic E-state index is 10.9. The van der Waals surface area contributed by atoms with Crippen LogP contribution in [-0.2, 0) is 4.79 Å². The summed E-state index contributed by atoms with van der Waals surface area (Å²) in [5, 5.41) is 22.5. The van der Waals surface area contributed by atoms with Gasteiger partial charge in [0.1, 0.15) is 16.8 Å². The minimum atomic E-state index is -0.826. The third-order valence-electron chi connectivity index (χ3n) is 5.74. The third-order valence-corrected chi connectivity index (χ3v) is 6.84. The number of fused-ring (bicyclic) bond motifs is 1. The van der Waals surface area contributed by atoms with Gasteiger partial charge in [-0.3, -0.25) is 4.79 Å². The Morgan fingerprint density at radius 1 is 1.42 bits per heavy atom. The van der Waals surface area contributed by atoms with Gasteiger partial charge >= 0.3 is 5.97 Å². The van der Waals surface area contributed by atoms with Gasteiger partial charge in [0.05, 0.1) is 23.1 Å². The van der Waals surface area contributed by atoms with Crippen LogP contribution >= 0.6 is 11.3 Å². The van der Waals surface area contributed by atoms with Gasteiger partial charge in [-0.05, 0) is 62.3 Å². The molecule has 1 aromatic heterocycles. The summed E-state index contributed by atoms with van der Waals surface area (Å²) >= 11 is 1.62. The highest BCUT2D eigenvalue weighted by Gasteiger charge is 2.38. The predicted octanol–water partition coefficient (Wildman–Crippen LogP) is 4.49. The molecule has 2 aliphatic rings. The molecule has 2 aliphatic carbocycles. The summed E-state index contributed by atoms with van der Waals surface area (Å²) in [6, 6.07) is 8.01. The Morgan fingerprint density at radius 2 is 2.26 bits per heavy atom. The van der Waals surface area contributed by atoms with Gasteiger partial charge in [-0.25, -0.2) is 4.98 Å². The molecule has 2 N–H and O–H groups in total. The second-order valence-corrected chi connectivity index (χ2v) is 9.20. The van der Waals surface area contributed by atoms with E-state index in [4.69, 9.17) is 9.84 Å². The number of allylic oxidation sites excluding steroid dienone is 3. The van der Waals surface area contributed by atoms with Crippen LogP contribution in [-0.4, -0.2) is 34.8 Å². The van der Waals surface area contributed by atoms with Gasteiger partial charge in [0.25, 0.3) is 0 Å². The fourth-order valence-corrected chi connectivity index (χ4v) is 5.44. The number of thiazole rings is 1. The van der Waals surface area contributed by atoms with E-state index >= 15 is 0 Å². The van der Waals surface area contributed by atoms with Gasteiger partial charge in [0, 0.05) is 17.8 Å². The molecule has 160 valence electrons. The van der Waals surface area contributed by atoms with Crippen molar-refractivity contribution in [2.75, 3.05) is 6.54 Å². The largest absolute Gasteiger partial charge is 0.490 e. The van der Waals surface area contributed by atoms with Crippen molar-refractivity contribution in [3.8, 4) is 22.4 Å². The van der Waals surface area contributed by atoms with E-state index in [2.05, 4.69) is 34.6 Å². The average Bonchev–Trinajstić information content (AvgIpc) is 3.39. The molecule has 3 unspecified atom stereocenters. The molecule has 0 spiro atoms. The highest BCUT2D eigenvalue weighted by Crippen LogP contribution is 2.46. The molecule has 3 atom stereocenters. The normalized spacial score (nSPS) is 22.1. The van der Waals surface area contributed by atoms with Gasteiger partial charge in [0.2, 0.25) is 0 Å². The first-order valence-electron chi connectivity index (χ1n) is 10.5. The molecule has 0 bridgehead atoms. The fraction of sp³-hybridized carbons (Fsp3) is 0.375. The van der Waals surface area contributed by atoms with Crippen LogP contribution in [0.1, 0.15) is 37.1 Å². The molecule has 6 nitrogen and oxygen atoms in total. The molecule has 0 aliphatic heterocycles. The van der Waals surface area contributed by atoms with E-state index in [1.165, 1.54) is 5.57 Å². The Balaban J connectivity index is 1.54. The van der Waals surface area contributed by atoms with Gasteiger partial charge < -0.3 is 15.2 Å². The lowest BCUT2D eigenvalue weighted by atomic mass is 9.83. The van der Waals surface area contributed by atoms with Crippen molar-refractivity contribution in [2.45, 2.75) is 38.8 Å². The van der Waals surface area contributed by atoms with E-state index in [-0.39, 0.29) is 18.7 Å². The minimum absolute atomic E-state index is 0.00359. The SMILES string of the molecule is CC(C)Oc1ccc(-c2ncc(C3=CC=CC4C(NCC(=O)O)CCC34)s2)cc1C#N. The van der Waals surface area contributed by atoms with E-state index in [0.29, 0.717) is 23.1 Å². The van der Waals surface area contributed by atoms with Crippen LogP contribution in [0.25, 0.3) is 16.1 Å². The number of nitriles is 1. The van der Waals surface area contributed by atoms with Crippen molar-refractivity contribution in [1.82, 2.24) is 10.3 Å². The van der Waals surface area contributed by atoms with E-state index in [0.717, 1.165) is 28.3 Å². The zero-order chi connectivity index (χ0) is 22.0. The maximum atomic E-state index is 10.9. The molecule has 4 rings (SSSR count). The standard InChI is InChI=1S/C24H25N3O3S/c1-14(2)30-21-9-6-15(10-16(21)11-25)24-27-12-22(31-24)19-5-3-4-18-17(19)7-8-20(18)26-13-23(28)29/h3-6,9-10,12,14,17-18,20,26H,7-8,13H2,1-2H3,(H,28,29). The Labute approximate surface area is 185 Å². The summed E-state index contributed by atoms with van der Waals surface area (Å²) in [6.07, 6.45) is 10.3. The van der Waals surface area contributed by atoms with Crippen molar-refractivity contribution in [3.05, 3.63) is 53.1 Å². The molecular weight excluding hydrogens is 410 g/mol. The maximum Gasteiger partial charge on any atom is 0.317 e. The highest BCUT2D eigenvalue weighted by molar-refractivity contribution is 7.16. The molecule has 1 fully saturated rings. The van der Waals surface area contributed by atoms with Gasteiger partial charge in [-0.15, -0.1) is 11.3 Å². The van der Waals surface area contributed by atoms with Crippen molar-refractivity contribution < 1.29 is 14.6 Å². The van der Waals surface area contributed by atoms with Gasteiger partial charge in [-0.1, -0.05) is 18.2 Å². The Bertz CT molecular complexity index is 1080. The van der Waals surface area contributed by atoms with Crippen molar-refractivity contribution in [2.24, 2.45) is 11.8 Å². The summed E-state index contributed by atoms with van der Waals surface area (Å²) in [5.74, 6) is 0.420. The fourth-order valence-electron chi connectivity index (χ4n) is 4.44. The topological polar surface area (TPSA) is 95.2 Å². The zero-order valence-corrected chi connectivity index (χ0v) is 18.4. The smallest absolute Gasteiger partial charge is 0.317 e. The van der Waals surface area contributed by atoms with E-state index in [9.17, 15) is 10.1 Å².